The molecule has 0 heterocycles. The van der Waals surface area contributed by atoms with Crippen molar-refractivity contribution in [1.82, 2.24) is 9.44 Å². The van der Waals surface area contributed by atoms with Crippen LogP contribution in [-0.2, 0) is 21.5 Å². The summed E-state index contributed by atoms with van der Waals surface area (Å²) in [5.41, 5.74) is 6.71. The number of hydrogen-bond acceptors (Lipinski definition) is 5. The molecule has 0 aliphatic carbocycles. The second-order valence-corrected chi connectivity index (χ2v) is 4.62. The van der Waals surface area contributed by atoms with Crippen molar-refractivity contribution in [2.24, 2.45) is 0 Å². The van der Waals surface area contributed by atoms with Crippen molar-refractivity contribution in [1.29, 1.82) is 0 Å². The largest absolute Gasteiger partial charge is 0.452 e. The number of methoxy groups -OCH3 is 1. The zero-order valence-corrected chi connectivity index (χ0v) is 9.95. The van der Waals surface area contributed by atoms with E-state index >= 15 is 0 Å². The van der Waals surface area contributed by atoms with Crippen molar-refractivity contribution in [2.45, 2.75) is 6.54 Å². The maximum Gasteiger partial charge on any atom is 0.421 e. The average Bonchev–Trinajstić information content (AvgIpc) is 2.27. The molecule has 0 aliphatic heterocycles. The van der Waals surface area contributed by atoms with Gasteiger partial charge in [-0.3, -0.25) is 0 Å². The molecule has 0 aromatic heterocycles. The van der Waals surface area contributed by atoms with E-state index in [-0.39, 0.29) is 6.54 Å². The van der Waals surface area contributed by atoms with Crippen LogP contribution in [0, 0.1) is 0 Å². The normalized spacial score (nSPS) is 10.9. The highest BCUT2D eigenvalue weighted by molar-refractivity contribution is 7.88. The number of benzene rings is 1. The number of nitrogens with two attached hydrogens (primary N) is 1. The maximum atomic E-state index is 11.3. The molecule has 0 fully saturated rings. The first kappa shape index (κ1) is 13.3. The van der Waals surface area contributed by atoms with Crippen LogP contribution in [-0.4, -0.2) is 21.6 Å². The Bertz CT molecular complexity index is 501. The first-order valence-electron chi connectivity index (χ1n) is 4.63. The lowest BCUT2D eigenvalue weighted by Gasteiger charge is -2.08. The quantitative estimate of drug-likeness (QED) is 0.657. The summed E-state index contributed by atoms with van der Waals surface area (Å²) in [7, 11) is -2.87. The summed E-state index contributed by atoms with van der Waals surface area (Å²) in [4.78, 5) is 10.7. The molecule has 0 aliphatic rings. The summed E-state index contributed by atoms with van der Waals surface area (Å²) in [5, 5.41) is 0. The number of amides is 1. The van der Waals surface area contributed by atoms with Gasteiger partial charge in [-0.25, -0.2) is 9.52 Å². The highest BCUT2D eigenvalue weighted by Gasteiger charge is 2.14. The van der Waals surface area contributed by atoms with E-state index in [1.807, 2.05) is 0 Å². The number of rotatable bonds is 4. The van der Waals surface area contributed by atoms with Crippen LogP contribution < -0.4 is 15.2 Å². The van der Waals surface area contributed by atoms with Gasteiger partial charge >= 0.3 is 16.3 Å². The molecule has 1 aromatic rings. The Labute approximate surface area is 99.1 Å². The third-order valence-corrected chi connectivity index (χ3v) is 2.87. The van der Waals surface area contributed by atoms with E-state index in [9.17, 15) is 13.2 Å². The minimum Gasteiger partial charge on any atom is -0.452 e. The molecule has 0 radical (unpaired) electrons. The van der Waals surface area contributed by atoms with Gasteiger partial charge < -0.3 is 10.5 Å². The predicted molar refractivity (Wildman–Crippen MR) is 62.2 cm³/mol. The molecule has 17 heavy (non-hydrogen) atoms. The number of hydrogen-bond donors (Lipinski definition) is 3. The highest BCUT2D eigenvalue weighted by Crippen LogP contribution is 2.09. The Kier molecular flexibility index (Phi) is 4.30. The fourth-order valence-electron chi connectivity index (χ4n) is 1.06. The number of carbonyl (C=O) groups is 1. The van der Waals surface area contributed by atoms with Crippen LogP contribution in [0.4, 0.5) is 10.5 Å². The minimum absolute atomic E-state index is 0.0149. The number of para-hydroxylation sites is 1. The number of nitrogens with one attached hydrogen (secondary N) is 2. The fourth-order valence-corrected chi connectivity index (χ4v) is 1.78. The monoisotopic (exact) mass is 259 g/mol. The predicted octanol–water partition coefficient (Wildman–Crippen LogP) is -0.0408. The first-order valence-corrected chi connectivity index (χ1v) is 6.11. The van der Waals surface area contributed by atoms with Gasteiger partial charge in [-0.15, -0.1) is 0 Å². The van der Waals surface area contributed by atoms with E-state index < -0.39 is 16.3 Å². The SMILES string of the molecule is COC(=O)NS(=O)(=O)NCc1ccccc1N. The van der Waals surface area contributed by atoms with E-state index in [2.05, 4.69) is 9.46 Å². The fraction of sp³-hybridized carbons (Fsp3) is 0.222. The van der Waals surface area contributed by atoms with Crippen LogP contribution in [0.5, 0.6) is 0 Å². The summed E-state index contributed by atoms with van der Waals surface area (Å²) in [6.07, 6.45) is -1.06. The van der Waals surface area contributed by atoms with Crippen LogP contribution in [0.1, 0.15) is 5.56 Å². The first-order chi connectivity index (χ1) is 7.94. The second kappa shape index (κ2) is 5.51. The van der Waals surface area contributed by atoms with Crippen LogP contribution in [0.3, 0.4) is 0 Å². The minimum atomic E-state index is -3.94. The number of nitrogen functional groups attached to an aromatic ring is 1. The van der Waals surface area contributed by atoms with Crippen molar-refractivity contribution in [3.63, 3.8) is 0 Å². The topological polar surface area (TPSA) is 111 Å². The van der Waals surface area contributed by atoms with Gasteiger partial charge in [0.05, 0.1) is 7.11 Å². The average molecular weight is 259 g/mol. The maximum absolute atomic E-state index is 11.3. The lowest BCUT2D eigenvalue weighted by molar-refractivity contribution is 0.177. The molecule has 0 atom stereocenters. The molecule has 0 saturated heterocycles. The van der Waals surface area contributed by atoms with Crippen LogP contribution >= 0.6 is 0 Å². The molecule has 0 unspecified atom stereocenters. The Balaban J connectivity index is 2.62. The third-order valence-electron chi connectivity index (χ3n) is 1.91. The van der Waals surface area contributed by atoms with Crippen molar-refractivity contribution >= 4 is 22.0 Å². The highest BCUT2D eigenvalue weighted by atomic mass is 32.2. The zero-order valence-electron chi connectivity index (χ0n) is 9.14. The van der Waals surface area contributed by atoms with Crippen LogP contribution in [0.15, 0.2) is 24.3 Å². The van der Waals surface area contributed by atoms with Crippen molar-refractivity contribution in [2.75, 3.05) is 12.8 Å². The van der Waals surface area contributed by atoms with E-state index in [4.69, 9.17) is 5.73 Å². The molecular formula is C9H13N3O4S. The molecule has 8 heteroatoms. The smallest absolute Gasteiger partial charge is 0.421 e. The summed E-state index contributed by atoms with van der Waals surface area (Å²) < 4.78 is 30.6. The summed E-state index contributed by atoms with van der Waals surface area (Å²) in [6.45, 7) is -0.0149. The molecule has 0 bridgehead atoms. The number of anilines is 1. The molecule has 1 amide bonds. The second-order valence-electron chi connectivity index (χ2n) is 3.12. The zero-order chi connectivity index (χ0) is 12.9. The third kappa shape index (κ3) is 4.29. The Morgan fingerprint density at radius 3 is 2.65 bits per heavy atom. The molecule has 7 nitrogen and oxygen atoms in total. The van der Waals surface area contributed by atoms with Crippen molar-refractivity contribution < 1.29 is 17.9 Å². The standard InChI is InChI=1S/C9H13N3O4S/c1-16-9(13)12-17(14,15)11-6-7-4-2-3-5-8(7)10/h2-5,11H,6,10H2,1H3,(H,12,13). The van der Waals surface area contributed by atoms with Gasteiger partial charge in [0.1, 0.15) is 0 Å². The number of ether oxygens (including phenoxy) is 1. The van der Waals surface area contributed by atoms with Crippen LogP contribution in [0.25, 0.3) is 0 Å². The summed E-state index contributed by atoms with van der Waals surface area (Å²) in [6, 6.07) is 6.79. The van der Waals surface area contributed by atoms with Gasteiger partial charge in [0.2, 0.25) is 0 Å². The van der Waals surface area contributed by atoms with Crippen molar-refractivity contribution in [3.8, 4) is 0 Å². The van der Waals surface area contributed by atoms with Crippen LogP contribution in [0.2, 0.25) is 0 Å². The molecule has 1 aromatic carbocycles. The van der Waals surface area contributed by atoms with Gasteiger partial charge in [0.15, 0.2) is 0 Å². The lowest BCUT2D eigenvalue weighted by Crippen LogP contribution is -2.39. The van der Waals surface area contributed by atoms with Gasteiger partial charge in [-0.1, -0.05) is 18.2 Å². The molecule has 94 valence electrons. The van der Waals surface area contributed by atoms with Gasteiger partial charge in [-0.05, 0) is 11.6 Å². The molecule has 1 rings (SSSR count). The molecule has 0 saturated carbocycles. The summed E-state index contributed by atoms with van der Waals surface area (Å²) in [5.74, 6) is 0. The Morgan fingerprint density at radius 1 is 1.41 bits per heavy atom. The Hall–Kier alpha value is -1.80. The van der Waals surface area contributed by atoms with Gasteiger partial charge in [-0.2, -0.15) is 13.1 Å². The van der Waals surface area contributed by atoms with Gasteiger partial charge in [0.25, 0.3) is 0 Å². The van der Waals surface area contributed by atoms with E-state index in [0.717, 1.165) is 7.11 Å². The summed E-state index contributed by atoms with van der Waals surface area (Å²) >= 11 is 0. The van der Waals surface area contributed by atoms with Crippen molar-refractivity contribution in [3.05, 3.63) is 29.8 Å². The van der Waals surface area contributed by atoms with E-state index in [1.165, 1.54) is 0 Å². The van der Waals surface area contributed by atoms with E-state index in [0.29, 0.717) is 11.3 Å². The van der Waals surface area contributed by atoms with Gasteiger partial charge in [0, 0.05) is 12.2 Å². The number of carbonyl (C=O) groups excluding carboxylic acids is 1. The van der Waals surface area contributed by atoms with E-state index in [1.54, 1.807) is 29.0 Å². The lowest BCUT2D eigenvalue weighted by atomic mass is 10.2. The molecule has 4 N–H and O–H groups in total. The molecular weight excluding hydrogens is 246 g/mol. The molecule has 0 spiro atoms. The Morgan fingerprint density at radius 2 is 2.06 bits per heavy atom.